The number of nitrogen functional groups attached to an aromatic ring is 1. The number of rotatable bonds is 17. The number of nitrogens with zero attached hydrogens (tertiary/aromatic N) is 1. The van der Waals surface area contributed by atoms with E-state index in [9.17, 15) is 0 Å². The van der Waals surface area contributed by atoms with Crippen molar-refractivity contribution in [3.8, 4) is 0 Å². The molecule has 2 N–H and O–H groups in total. The minimum atomic E-state index is 0. The lowest BCUT2D eigenvalue weighted by atomic mass is 10.0. The van der Waals surface area contributed by atoms with Crippen LogP contribution in [0.2, 0.25) is 0 Å². The second-order valence-corrected chi connectivity index (χ2v) is 10.3. The number of hydrogen-bond donors (Lipinski definition) is 1. The molecule has 0 radical (unpaired) electrons. The van der Waals surface area contributed by atoms with Gasteiger partial charge in [-0.1, -0.05) is 133 Å². The second kappa shape index (κ2) is 25.3. The summed E-state index contributed by atoms with van der Waals surface area (Å²) in [6.07, 6.45) is 20.2. The lowest BCUT2D eigenvalue weighted by Crippen LogP contribution is -3.00. The van der Waals surface area contributed by atoms with Crippen LogP contribution in [0.3, 0.4) is 0 Å². The molecule has 2 nitrogen and oxygen atoms in total. The Morgan fingerprint density at radius 2 is 0.943 bits per heavy atom. The number of anilines is 1. The molecule has 2 rings (SSSR count). The molecule has 2 aromatic carbocycles. The molecule has 35 heavy (non-hydrogen) atoms. The summed E-state index contributed by atoms with van der Waals surface area (Å²) in [6, 6.07) is 20.4. The first-order valence-corrected chi connectivity index (χ1v) is 13.7. The summed E-state index contributed by atoms with van der Waals surface area (Å²) in [7, 11) is 4.74. The molecule has 0 spiro atoms. The monoisotopic (exact) mass is 708 g/mol. The van der Waals surface area contributed by atoms with E-state index in [-0.39, 0.29) is 48.0 Å². The lowest BCUT2D eigenvalue weighted by molar-refractivity contribution is -0.903. The van der Waals surface area contributed by atoms with Crippen LogP contribution in [-0.2, 0) is 6.54 Å². The minimum absolute atomic E-state index is 0. The zero-order valence-corrected chi connectivity index (χ0v) is 27.4. The zero-order chi connectivity index (χ0) is 24.0. The van der Waals surface area contributed by atoms with E-state index in [1.165, 1.54) is 102 Å². The quantitative estimate of drug-likeness (QED) is 0.0850. The smallest absolute Gasteiger partial charge is 0.104 e. The van der Waals surface area contributed by atoms with Crippen LogP contribution in [0.15, 0.2) is 60.7 Å². The fraction of sp³-hybridized carbons (Fsp3) is 0.613. The van der Waals surface area contributed by atoms with E-state index in [2.05, 4.69) is 51.4 Å². The first-order valence-electron chi connectivity index (χ1n) is 13.7. The molecule has 0 aliphatic carbocycles. The van der Waals surface area contributed by atoms with Crippen LogP contribution in [0.4, 0.5) is 5.69 Å². The Kier molecular flexibility index (Phi) is 26.6. The molecule has 0 unspecified atom stereocenters. The van der Waals surface area contributed by atoms with E-state index in [1.807, 2.05) is 30.3 Å². The fourth-order valence-electron chi connectivity index (χ4n) is 4.34. The van der Waals surface area contributed by atoms with Gasteiger partial charge < -0.3 is 34.2 Å². The van der Waals surface area contributed by atoms with Gasteiger partial charge in [-0.05, 0) is 25.0 Å². The van der Waals surface area contributed by atoms with Gasteiger partial charge >= 0.3 is 0 Å². The van der Waals surface area contributed by atoms with Crippen LogP contribution in [0, 0.1) is 0 Å². The van der Waals surface area contributed by atoms with Crippen molar-refractivity contribution in [3.05, 3.63) is 66.2 Å². The van der Waals surface area contributed by atoms with Crippen molar-refractivity contribution in [2.45, 2.75) is 103 Å². The van der Waals surface area contributed by atoms with Crippen molar-refractivity contribution in [1.29, 1.82) is 0 Å². The molecule has 0 amide bonds. The van der Waals surface area contributed by atoms with Gasteiger partial charge in [0.2, 0.25) is 0 Å². The molecule has 0 bridgehead atoms. The Morgan fingerprint density at radius 3 is 1.31 bits per heavy atom. The highest BCUT2D eigenvalue weighted by molar-refractivity contribution is 14.0. The number of halogens is 2. The van der Waals surface area contributed by atoms with Gasteiger partial charge in [-0.2, -0.15) is 0 Å². The van der Waals surface area contributed by atoms with Gasteiger partial charge in [0, 0.05) is 11.3 Å². The number of quaternary nitrogens is 1. The maximum absolute atomic E-state index is 5.36. The Morgan fingerprint density at radius 1 is 0.571 bits per heavy atom. The van der Waals surface area contributed by atoms with E-state index in [1.54, 1.807) is 0 Å². The molecule has 202 valence electrons. The van der Waals surface area contributed by atoms with Crippen LogP contribution < -0.4 is 29.7 Å². The van der Waals surface area contributed by atoms with Gasteiger partial charge in [0.05, 0.1) is 20.6 Å². The lowest BCUT2D eigenvalue weighted by Gasteiger charge is -2.30. The molecular formula is C31H54I2N2. The number of hydrogen-bond acceptors (Lipinski definition) is 1. The van der Waals surface area contributed by atoms with E-state index in [0.717, 1.165) is 16.7 Å². The highest BCUT2D eigenvalue weighted by atomic mass is 127. The van der Waals surface area contributed by atoms with E-state index in [0.29, 0.717) is 0 Å². The topological polar surface area (TPSA) is 26.0 Å². The molecule has 4 heteroatoms. The van der Waals surface area contributed by atoms with Gasteiger partial charge in [-0.25, -0.2) is 0 Å². The molecule has 0 heterocycles. The number of nitrogens with two attached hydrogens (primary N) is 1. The van der Waals surface area contributed by atoms with Gasteiger partial charge in [0.1, 0.15) is 6.54 Å². The van der Waals surface area contributed by atoms with Crippen molar-refractivity contribution in [3.63, 3.8) is 0 Å². The predicted molar refractivity (Wildman–Crippen MR) is 164 cm³/mol. The van der Waals surface area contributed by atoms with Crippen LogP contribution in [-0.4, -0.2) is 25.1 Å². The molecule has 0 aliphatic rings. The highest BCUT2D eigenvalue weighted by Crippen LogP contribution is 2.15. The van der Waals surface area contributed by atoms with Crippen LogP contribution in [0.5, 0.6) is 0 Å². The maximum atomic E-state index is 5.36. The van der Waals surface area contributed by atoms with Gasteiger partial charge in [-0.3, -0.25) is 0 Å². The summed E-state index contributed by atoms with van der Waals surface area (Å²) in [5.41, 5.74) is 7.64. The summed E-state index contributed by atoms with van der Waals surface area (Å²) in [6.45, 7) is 4.75. The first kappa shape index (κ1) is 36.8. The third kappa shape index (κ3) is 23.8. The third-order valence-electron chi connectivity index (χ3n) is 6.37. The number of para-hydroxylation sites is 1. The van der Waals surface area contributed by atoms with Crippen LogP contribution in [0.25, 0.3) is 0 Å². The van der Waals surface area contributed by atoms with E-state index in [4.69, 9.17) is 5.73 Å². The SMILES string of the molecule is CCCCCCCCCCCCCCCC[N+](C)(C)Cc1ccccc1.I.Nc1ccccc1.[I-]. The van der Waals surface area contributed by atoms with Crippen molar-refractivity contribution in [1.82, 2.24) is 0 Å². The molecule has 0 aromatic heterocycles. The average Bonchev–Trinajstić information content (AvgIpc) is 2.80. The largest absolute Gasteiger partial charge is 1.00 e. The summed E-state index contributed by atoms with van der Waals surface area (Å²) >= 11 is 0. The summed E-state index contributed by atoms with van der Waals surface area (Å²) < 4.78 is 1.11. The molecule has 0 saturated heterocycles. The first-order chi connectivity index (χ1) is 16.0. The van der Waals surface area contributed by atoms with E-state index < -0.39 is 0 Å². The molecule has 2 aromatic rings. The number of benzene rings is 2. The maximum Gasteiger partial charge on any atom is 0.104 e. The predicted octanol–water partition coefficient (Wildman–Crippen LogP) is 6.64. The molecule has 0 fully saturated rings. The third-order valence-corrected chi connectivity index (χ3v) is 6.37. The zero-order valence-electron chi connectivity index (χ0n) is 22.9. The normalized spacial score (nSPS) is 10.5. The van der Waals surface area contributed by atoms with Crippen molar-refractivity contribution in [2.24, 2.45) is 0 Å². The number of unbranched alkanes of at least 4 members (excludes halogenated alkanes) is 13. The Hall–Kier alpha value is -0.340. The van der Waals surface area contributed by atoms with Gasteiger partial charge in [0.15, 0.2) is 0 Å². The van der Waals surface area contributed by atoms with Gasteiger partial charge in [-0.15, -0.1) is 24.0 Å². The van der Waals surface area contributed by atoms with Crippen LogP contribution in [0.1, 0.15) is 102 Å². The average molecular weight is 709 g/mol. The molecular weight excluding hydrogens is 654 g/mol. The Balaban J connectivity index is 0. The molecule has 0 aliphatic heterocycles. The Labute approximate surface area is 252 Å². The van der Waals surface area contributed by atoms with Crippen molar-refractivity contribution in [2.75, 3.05) is 26.4 Å². The summed E-state index contributed by atoms with van der Waals surface area (Å²) in [5.74, 6) is 0. The van der Waals surface area contributed by atoms with Crippen molar-refractivity contribution < 1.29 is 28.5 Å². The summed E-state index contributed by atoms with van der Waals surface area (Å²) in [5, 5.41) is 0. The van der Waals surface area contributed by atoms with E-state index >= 15 is 0 Å². The van der Waals surface area contributed by atoms with Gasteiger partial charge in [0.25, 0.3) is 0 Å². The second-order valence-electron chi connectivity index (χ2n) is 10.3. The van der Waals surface area contributed by atoms with Crippen molar-refractivity contribution >= 4 is 29.7 Å². The fourth-order valence-corrected chi connectivity index (χ4v) is 4.34. The minimum Gasteiger partial charge on any atom is -1.00 e. The molecule has 0 atom stereocenters. The standard InChI is InChI=1S/C25H46N.C6H7N.2HI/c1-4-5-6-7-8-9-10-11-12-13-14-15-16-20-23-26(2,3)24-25-21-18-17-19-22-25;7-6-4-2-1-3-5-6;;/h17-19,21-22H,4-16,20,23-24H2,1-3H3;1-5H,7H2;2*1H/q+1;;;/p-1. The Bertz CT molecular complexity index is 662. The summed E-state index contributed by atoms with van der Waals surface area (Å²) in [4.78, 5) is 0. The highest BCUT2D eigenvalue weighted by Gasteiger charge is 2.14. The van der Waals surface area contributed by atoms with Crippen LogP contribution >= 0.6 is 24.0 Å². The molecule has 0 saturated carbocycles.